The summed E-state index contributed by atoms with van der Waals surface area (Å²) in [5.74, 6) is 1.01. The van der Waals surface area contributed by atoms with Crippen LogP contribution in [0.15, 0.2) is 48.5 Å². The number of hydrogen-bond acceptors (Lipinski definition) is 1. The van der Waals surface area contributed by atoms with Gasteiger partial charge in [-0.05, 0) is 54.5 Å². The van der Waals surface area contributed by atoms with E-state index in [1.165, 1.54) is 55.2 Å². The van der Waals surface area contributed by atoms with Crippen molar-refractivity contribution in [1.82, 2.24) is 0 Å². The molecule has 3 rings (SSSR count). The molecule has 0 atom stereocenters. The third-order valence-electron chi connectivity index (χ3n) is 4.07. The van der Waals surface area contributed by atoms with Gasteiger partial charge in [0.05, 0.1) is 0 Å². The van der Waals surface area contributed by atoms with Crippen LogP contribution in [0.25, 0.3) is 0 Å². The van der Waals surface area contributed by atoms with Gasteiger partial charge in [-0.1, -0.05) is 49.2 Å². The topological polar surface area (TPSA) is 9.23 Å². The molecule has 0 unspecified atom stereocenters. The Morgan fingerprint density at radius 3 is 2.30 bits per heavy atom. The summed E-state index contributed by atoms with van der Waals surface area (Å²) in [6, 6.07) is 17.0. The molecule has 1 aliphatic rings. The number of rotatable bonds is 3. The van der Waals surface area contributed by atoms with E-state index in [1.54, 1.807) is 0 Å². The first-order valence-corrected chi connectivity index (χ1v) is 7.70. The average Bonchev–Trinajstić information content (AvgIpc) is 2.47. The van der Waals surface area contributed by atoms with Crippen LogP contribution in [0.2, 0.25) is 0 Å². The summed E-state index contributed by atoms with van der Waals surface area (Å²) in [4.78, 5) is 0. The summed E-state index contributed by atoms with van der Waals surface area (Å²) in [5, 5.41) is 0. The van der Waals surface area contributed by atoms with Crippen molar-refractivity contribution in [2.75, 3.05) is 0 Å². The zero-order valence-corrected chi connectivity index (χ0v) is 12.0. The smallest absolute Gasteiger partial charge is 0.120 e. The summed E-state index contributed by atoms with van der Waals surface area (Å²) < 4.78 is 5.93. The van der Waals surface area contributed by atoms with E-state index < -0.39 is 0 Å². The second-order valence-electron chi connectivity index (χ2n) is 5.62. The number of benzene rings is 2. The van der Waals surface area contributed by atoms with Crippen LogP contribution in [0.4, 0.5) is 0 Å². The van der Waals surface area contributed by atoms with Crippen molar-refractivity contribution in [2.24, 2.45) is 0 Å². The minimum absolute atomic E-state index is 0.652. The number of ether oxygens (including phenoxy) is 1. The molecule has 20 heavy (non-hydrogen) atoms. The fraction of sp³-hybridized carbons (Fsp3) is 0.368. The Bertz CT molecular complexity index is 545. The van der Waals surface area contributed by atoms with Crippen LogP contribution in [0.1, 0.15) is 42.4 Å². The van der Waals surface area contributed by atoms with E-state index in [-0.39, 0.29) is 0 Å². The average molecular weight is 266 g/mol. The summed E-state index contributed by atoms with van der Waals surface area (Å²) in [6.45, 7) is 0.652. The lowest BCUT2D eigenvalue weighted by Crippen LogP contribution is -2.01. The van der Waals surface area contributed by atoms with Gasteiger partial charge in [-0.3, -0.25) is 0 Å². The highest BCUT2D eigenvalue weighted by molar-refractivity contribution is 5.36. The highest BCUT2D eigenvalue weighted by atomic mass is 16.5. The second kappa shape index (κ2) is 6.60. The molecule has 0 spiro atoms. The van der Waals surface area contributed by atoms with Gasteiger partial charge in [0.25, 0.3) is 0 Å². The third-order valence-corrected chi connectivity index (χ3v) is 4.07. The first-order valence-electron chi connectivity index (χ1n) is 7.70. The third kappa shape index (κ3) is 3.41. The molecule has 0 aromatic heterocycles. The fourth-order valence-electron chi connectivity index (χ4n) is 2.89. The quantitative estimate of drug-likeness (QED) is 0.765. The predicted molar refractivity (Wildman–Crippen MR) is 83.1 cm³/mol. The van der Waals surface area contributed by atoms with Crippen molar-refractivity contribution < 1.29 is 4.74 Å². The van der Waals surface area contributed by atoms with E-state index in [0.717, 1.165) is 5.75 Å². The van der Waals surface area contributed by atoms with Crippen LogP contribution in [0, 0.1) is 0 Å². The van der Waals surface area contributed by atoms with Crippen molar-refractivity contribution in [1.29, 1.82) is 0 Å². The molecule has 0 aliphatic heterocycles. The first kappa shape index (κ1) is 13.2. The molecule has 1 aliphatic carbocycles. The molecule has 2 aromatic carbocycles. The highest BCUT2D eigenvalue weighted by Crippen LogP contribution is 2.24. The van der Waals surface area contributed by atoms with Crippen molar-refractivity contribution in [2.45, 2.75) is 45.1 Å². The molecule has 0 radical (unpaired) electrons. The normalized spacial score (nSPS) is 15.0. The Hall–Kier alpha value is -1.76. The van der Waals surface area contributed by atoms with Crippen LogP contribution in [-0.4, -0.2) is 0 Å². The van der Waals surface area contributed by atoms with Crippen LogP contribution in [0.5, 0.6) is 5.75 Å². The van der Waals surface area contributed by atoms with Gasteiger partial charge in [0.15, 0.2) is 0 Å². The van der Waals surface area contributed by atoms with Gasteiger partial charge in [-0.15, -0.1) is 0 Å². The van der Waals surface area contributed by atoms with E-state index in [1.807, 2.05) is 6.07 Å². The molecule has 2 aromatic rings. The maximum Gasteiger partial charge on any atom is 0.120 e. The van der Waals surface area contributed by atoms with E-state index >= 15 is 0 Å². The van der Waals surface area contributed by atoms with E-state index in [2.05, 4.69) is 42.5 Å². The molecule has 0 N–H and O–H groups in total. The summed E-state index contributed by atoms with van der Waals surface area (Å²) in [6.07, 6.45) is 7.83. The molecule has 0 saturated carbocycles. The number of aryl methyl sites for hydroxylation is 2. The van der Waals surface area contributed by atoms with Gasteiger partial charge in [-0.25, -0.2) is 0 Å². The second-order valence-corrected chi connectivity index (χ2v) is 5.62. The van der Waals surface area contributed by atoms with Crippen molar-refractivity contribution >= 4 is 0 Å². The summed E-state index contributed by atoms with van der Waals surface area (Å²) in [5.41, 5.74) is 4.24. The van der Waals surface area contributed by atoms with Crippen LogP contribution in [-0.2, 0) is 19.4 Å². The van der Waals surface area contributed by atoms with Crippen LogP contribution in [0.3, 0.4) is 0 Å². The van der Waals surface area contributed by atoms with Gasteiger partial charge in [0, 0.05) is 0 Å². The van der Waals surface area contributed by atoms with E-state index in [9.17, 15) is 0 Å². The number of hydrogen-bond donors (Lipinski definition) is 0. The van der Waals surface area contributed by atoms with Crippen molar-refractivity contribution in [3.05, 3.63) is 65.2 Å². The SMILES string of the molecule is c1ccc(COc2ccc3c(c2)CCCCCC3)cc1. The Morgan fingerprint density at radius 1 is 0.750 bits per heavy atom. The van der Waals surface area contributed by atoms with Crippen molar-refractivity contribution in [3.63, 3.8) is 0 Å². The minimum Gasteiger partial charge on any atom is -0.489 e. The standard InChI is InChI=1S/C19H22O/c1-2-7-11-18-14-19(13-12-17(18)10-6-1)20-15-16-8-4-3-5-9-16/h3-5,8-9,12-14H,1-2,6-7,10-11,15H2. The predicted octanol–water partition coefficient (Wildman–Crippen LogP) is 4.92. The van der Waals surface area contributed by atoms with Gasteiger partial charge in [0.2, 0.25) is 0 Å². The molecule has 104 valence electrons. The molecular formula is C19H22O. The minimum atomic E-state index is 0.652. The van der Waals surface area contributed by atoms with Crippen molar-refractivity contribution in [3.8, 4) is 5.75 Å². The lowest BCUT2D eigenvalue weighted by molar-refractivity contribution is 0.305. The lowest BCUT2D eigenvalue weighted by Gasteiger charge is -2.15. The van der Waals surface area contributed by atoms with E-state index in [4.69, 9.17) is 4.74 Å². The molecule has 0 amide bonds. The van der Waals surface area contributed by atoms with Gasteiger partial charge in [-0.2, -0.15) is 0 Å². The first-order chi connectivity index (χ1) is 9.92. The zero-order chi connectivity index (χ0) is 13.6. The molecule has 1 nitrogen and oxygen atoms in total. The largest absolute Gasteiger partial charge is 0.489 e. The maximum atomic E-state index is 5.93. The molecule has 0 fully saturated rings. The Morgan fingerprint density at radius 2 is 1.50 bits per heavy atom. The van der Waals surface area contributed by atoms with Crippen LogP contribution < -0.4 is 4.74 Å². The summed E-state index contributed by atoms with van der Waals surface area (Å²) in [7, 11) is 0. The Kier molecular flexibility index (Phi) is 4.37. The molecule has 0 bridgehead atoms. The van der Waals surface area contributed by atoms with Gasteiger partial charge < -0.3 is 4.74 Å². The highest BCUT2D eigenvalue weighted by Gasteiger charge is 2.08. The zero-order valence-electron chi connectivity index (χ0n) is 12.0. The Labute approximate surface area is 121 Å². The molecular weight excluding hydrogens is 244 g/mol. The summed E-state index contributed by atoms with van der Waals surface area (Å²) >= 11 is 0. The van der Waals surface area contributed by atoms with E-state index in [0.29, 0.717) is 6.61 Å². The number of fused-ring (bicyclic) bond motifs is 1. The van der Waals surface area contributed by atoms with Gasteiger partial charge >= 0.3 is 0 Å². The molecule has 1 heteroatoms. The fourth-order valence-corrected chi connectivity index (χ4v) is 2.89. The molecule has 0 heterocycles. The van der Waals surface area contributed by atoms with Crippen LogP contribution >= 0.6 is 0 Å². The Balaban J connectivity index is 1.69. The maximum absolute atomic E-state index is 5.93. The monoisotopic (exact) mass is 266 g/mol. The van der Waals surface area contributed by atoms with Gasteiger partial charge in [0.1, 0.15) is 12.4 Å². The molecule has 0 saturated heterocycles. The lowest BCUT2D eigenvalue weighted by atomic mass is 9.93.